The first-order valence-electron chi connectivity index (χ1n) is 8.22. The summed E-state index contributed by atoms with van der Waals surface area (Å²) in [6.45, 7) is 0.331. The van der Waals surface area contributed by atoms with Crippen molar-refractivity contribution in [2.24, 2.45) is 0 Å². The SMILES string of the molecule is COc1cc(OC)c(C2SCCN2S(=O)(=O)c2cc(Cl)ccc2Cl)cc1OC. The van der Waals surface area contributed by atoms with Crippen LogP contribution < -0.4 is 14.2 Å². The highest BCUT2D eigenvalue weighted by Crippen LogP contribution is 2.48. The third-order valence-electron chi connectivity index (χ3n) is 4.33. The minimum absolute atomic E-state index is 0.0198. The molecule has 1 heterocycles. The van der Waals surface area contributed by atoms with Gasteiger partial charge in [-0.25, -0.2) is 8.42 Å². The average Bonchev–Trinajstić information content (AvgIpc) is 3.19. The molecular formula is C18H19Cl2NO5S2. The summed E-state index contributed by atoms with van der Waals surface area (Å²) in [5.41, 5.74) is 0.671. The molecule has 2 aromatic carbocycles. The van der Waals surface area contributed by atoms with Gasteiger partial charge in [0, 0.05) is 29.0 Å². The summed E-state index contributed by atoms with van der Waals surface area (Å²) in [7, 11) is 0.695. The molecule has 1 aliphatic heterocycles. The lowest BCUT2D eigenvalue weighted by molar-refractivity contribution is 0.344. The van der Waals surface area contributed by atoms with Gasteiger partial charge >= 0.3 is 0 Å². The Morgan fingerprint density at radius 2 is 1.64 bits per heavy atom. The predicted octanol–water partition coefficient (Wildman–Crippen LogP) is 4.46. The van der Waals surface area contributed by atoms with Crippen molar-refractivity contribution in [3.8, 4) is 17.2 Å². The van der Waals surface area contributed by atoms with Gasteiger partial charge in [0.25, 0.3) is 0 Å². The number of sulfonamides is 1. The number of hydrogen-bond acceptors (Lipinski definition) is 6. The van der Waals surface area contributed by atoms with E-state index in [1.54, 1.807) is 18.2 Å². The number of benzene rings is 2. The molecule has 1 unspecified atom stereocenters. The summed E-state index contributed by atoms with van der Waals surface area (Å²) < 4.78 is 44.3. The van der Waals surface area contributed by atoms with Crippen molar-refractivity contribution in [2.75, 3.05) is 33.6 Å². The van der Waals surface area contributed by atoms with Gasteiger partial charge < -0.3 is 14.2 Å². The highest BCUT2D eigenvalue weighted by Gasteiger charge is 2.39. The van der Waals surface area contributed by atoms with Gasteiger partial charge in [0.1, 0.15) is 10.6 Å². The fourth-order valence-electron chi connectivity index (χ4n) is 2.99. The number of ether oxygens (including phenoxy) is 3. The number of thioether (sulfide) groups is 1. The van der Waals surface area contributed by atoms with E-state index in [4.69, 9.17) is 37.4 Å². The zero-order chi connectivity index (χ0) is 20.5. The normalized spacial score (nSPS) is 17.5. The standard InChI is InChI=1S/C18H19Cl2NO5S2/c1-24-14-10-16(26-3)15(25-2)9-12(14)18-21(6-7-27-18)28(22,23)17-8-11(19)4-5-13(17)20/h4-5,8-10,18H,6-7H2,1-3H3. The summed E-state index contributed by atoms with van der Waals surface area (Å²) >= 11 is 13.7. The maximum atomic E-state index is 13.3. The summed E-state index contributed by atoms with van der Waals surface area (Å²) in [6.07, 6.45) is 0. The van der Waals surface area contributed by atoms with E-state index in [0.717, 1.165) is 0 Å². The molecule has 0 radical (unpaired) electrons. The molecular weight excluding hydrogens is 445 g/mol. The molecule has 0 aliphatic carbocycles. The van der Waals surface area contributed by atoms with Gasteiger partial charge in [0.05, 0.1) is 31.7 Å². The maximum Gasteiger partial charge on any atom is 0.245 e. The number of nitrogens with zero attached hydrogens (tertiary/aromatic N) is 1. The first kappa shape index (κ1) is 21.4. The molecule has 1 saturated heterocycles. The molecule has 10 heteroatoms. The second-order valence-electron chi connectivity index (χ2n) is 5.86. The van der Waals surface area contributed by atoms with Crippen LogP contribution in [0.25, 0.3) is 0 Å². The van der Waals surface area contributed by atoms with Crippen molar-refractivity contribution in [3.05, 3.63) is 45.9 Å². The van der Waals surface area contributed by atoms with E-state index in [2.05, 4.69) is 0 Å². The summed E-state index contributed by atoms with van der Waals surface area (Å²) in [5, 5.41) is -0.0794. The van der Waals surface area contributed by atoms with Gasteiger partial charge in [0.15, 0.2) is 11.5 Å². The first-order valence-corrected chi connectivity index (χ1v) is 11.5. The Morgan fingerprint density at radius 1 is 1.00 bits per heavy atom. The third-order valence-corrected chi connectivity index (χ3v) is 8.29. The van der Waals surface area contributed by atoms with E-state index in [1.165, 1.54) is 49.5 Å². The maximum absolute atomic E-state index is 13.3. The van der Waals surface area contributed by atoms with E-state index >= 15 is 0 Å². The molecule has 28 heavy (non-hydrogen) atoms. The molecule has 0 spiro atoms. The van der Waals surface area contributed by atoms with E-state index in [0.29, 0.717) is 40.1 Å². The second-order valence-corrected chi connectivity index (χ2v) is 9.75. The van der Waals surface area contributed by atoms with Crippen molar-refractivity contribution in [1.29, 1.82) is 0 Å². The molecule has 6 nitrogen and oxygen atoms in total. The fraction of sp³-hybridized carbons (Fsp3) is 0.333. The third kappa shape index (κ3) is 3.89. The lowest BCUT2D eigenvalue weighted by Crippen LogP contribution is -2.31. The van der Waals surface area contributed by atoms with E-state index in [-0.39, 0.29) is 9.92 Å². The molecule has 152 valence electrons. The minimum Gasteiger partial charge on any atom is -0.496 e. The Bertz CT molecular complexity index is 984. The quantitative estimate of drug-likeness (QED) is 0.629. The largest absolute Gasteiger partial charge is 0.496 e. The number of methoxy groups -OCH3 is 3. The smallest absolute Gasteiger partial charge is 0.245 e. The number of hydrogen-bond donors (Lipinski definition) is 0. The molecule has 1 aliphatic rings. The van der Waals surface area contributed by atoms with E-state index in [9.17, 15) is 8.42 Å². The zero-order valence-electron chi connectivity index (χ0n) is 15.4. The van der Waals surface area contributed by atoms with Crippen molar-refractivity contribution in [3.63, 3.8) is 0 Å². The number of halogens is 2. The highest BCUT2D eigenvalue weighted by molar-refractivity contribution is 8.01. The van der Waals surface area contributed by atoms with Crippen molar-refractivity contribution in [2.45, 2.75) is 10.3 Å². The van der Waals surface area contributed by atoms with Gasteiger partial charge in [-0.1, -0.05) is 23.2 Å². The van der Waals surface area contributed by atoms with Crippen LogP contribution in [-0.4, -0.2) is 46.4 Å². The van der Waals surface area contributed by atoms with Crippen LogP contribution in [0.15, 0.2) is 35.2 Å². The minimum atomic E-state index is -3.88. The van der Waals surface area contributed by atoms with Gasteiger partial charge in [0.2, 0.25) is 10.0 Å². The van der Waals surface area contributed by atoms with Crippen LogP contribution in [-0.2, 0) is 10.0 Å². The van der Waals surface area contributed by atoms with Crippen molar-refractivity contribution in [1.82, 2.24) is 4.31 Å². The van der Waals surface area contributed by atoms with E-state index in [1.807, 2.05) is 0 Å². The van der Waals surface area contributed by atoms with Gasteiger partial charge in [-0.2, -0.15) is 4.31 Å². The highest BCUT2D eigenvalue weighted by atomic mass is 35.5. The molecule has 0 saturated carbocycles. The lowest BCUT2D eigenvalue weighted by atomic mass is 10.1. The Morgan fingerprint density at radius 3 is 2.29 bits per heavy atom. The van der Waals surface area contributed by atoms with Crippen LogP contribution in [0.5, 0.6) is 17.2 Å². The summed E-state index contributed by atoms with van der Waals surface area (Å²) in [4.78, 5) is -0.0198. The van der Waals surface area contributed by atoms with Gasteiger partial charge in [-0.05, 0) is 24.3 Å². The molecule has 0 aromatic heterocycles. The molecule has 1 atom stereocenters. The first-order chi connectivity index (χ1) is 13.3. The molecule has 0 N–H and O–H groups in total. The van der Waals surface area contributed by atoms with Crippen molar-refractivity contribution < 1.29 is 22.6 Å². The monoisotopic (exact) mass is 463 g/mol. The van der Waals surface area contributed by atoms with Crippen LogP contribution >= 0.6 is 35.0 Å². The topological polar surface area (TPSA) is 65.1 Å². The summed E-state index contributed by atoms with van der Waals surface area (Å²) in [6, 6.07) is 7.82. The Kier molecular flexibility index (Phi) is 6.56. The van der Waals surface area contributed by atoms with Gasteiger partial charge in [-0.15, -0.1) is 11.8 Å². The zero-order valence-corrected chi connectivity index (χ0v) is 18.6. The Labute approximate surface area is 178 Å². The molecule has 0 amide bonds. The molecule has 1 fully saturated rings. The van der Waals surface area contributed by atoms with Crippen molar-refractivity contribution >= 4 is 45.0 Å². The molecule has 0 bridgehead atoms. The van der Waals surface area contributed by atoms with Crippen LogP contribution in [0.2, 0.25) is 10.0 Å². The Balaban J connectivity index is 2.10. The second kappa shape index (κ2) is 8.59. The lowest BCUT2D eigenvalue weighted by Gasteiger charge is -2.26. The predicted molar refractivity (Wildman–Crippen MR) is 112 cm³/mol. The Hall–Kier alpha value is -1.32. The van der Waals surface area contributed by atoms with Crippen LogP contribution in [0, 0.1) is 0 Å². The van der Waals surface area contributed by atoms with E-state index < -0.39 is 15.4 Å². The van der Waals surface area contributed by atoms with Gasteiger partial charge in [-0.3, -0.25) is 0 Å². The average molecular weight is 464 g/mol. The van der Waals surface area contributed by atoms with Crippen LogP contribution in [0.3, 0.4) is 0 Å². The summed E-state index contributed by atoms with van der Waals surface area (Å²) in [5.74, 6) is 2.12. The van der Waals surface area contributed by atoms with Crippen LogP contribution in [0.4, 0.5) is 0 Å². The van der Waals surface area contributed by atoms with Crippen LogP contribution in [0.1, 0.15) is 10.9 Å². The molecule has 3 rings (SSSR count). The number of rotatable bonds is 6. The molecule has 2 aromatic rings. The fourth-order valence-corrected chi connectivity index (χ4v) is 6.98.